The summed E-state index contributed by atoms with van der Waals surface area (Å²) in [6.45, 7) is 5.16. The molecule has 1 aliphatic rings. The second kappa shape index (κ2) is 7.67. The van der Waals surface area contributed by atoms with E-state index in [0.717, 1.165) is 27.1 Å². The third-order valence-electron chi connectivity index (χ3n) is 6.31. The molecule has 0 unspecified atom stereocenters. The molecule has 3 heteroatoms. The first-order valence-corrected chi connectivity index (χ1v) is 11.4. The quantitative estimate of drug-likeness (QED) is 0.332. The Kier molecular flexibility index (Phi) is 4.96. The third-order valence-corrected chi connectivity index (χ3v) is 6.84. The molecule has 154 valence electrons. The van der Waals surface area contributed by atoms with Crippen LogP contribution in [0.15, 0.2) is 95.5 Å². The second-order valence-electron chi connectivity index (χ2n) is 8.59. The SMILES string of the molecule is CC1(C)c2ccccc2-c2ccc(N(c3ccc(Br)cc3)c3cccc(CN)c3)cc21. The Labute approximate surface area is 192 Å². The van der Waals surface area contributed by atoms with Crippen LogP contribution >= 0.6 is 15.9 Å². The van der Waals surface area contributed by atoms with E-state index >= 15 is 0 Å². The van der Waals surface area contributed by atoms with Crippen LogP contribution in [0, 0.1) is 0 Å². The third kappa shape index (κ3) is 3.38. The Balaban J connectivity index is 1.69. The van der Waals surface area contributed by atoms with Crippen LogP contribution in [-0.4, -0.2) is 0 Å². The Hall–Kier alpha value is -2.88. The van der Waals surface area contributed by atoms with Crippen LogP contribution in [0.5, 0.6) is 0 Å². The summed E-state index contributed by atoms with van der Waals surface area (Å²) in [5, 5.41) is 0. The molecule has 31 heavy (non-hydrogen) atoms. The summed E-state index contributed by atoms with van der Waals surface area (Å²) in [6, 6.07) is 32.6. The molecule has 0 radical (unpaired) electrons. The molecule has 0 atom stereocenters. The van der Waals surface area contributed by atoms with Gasteiger partial charge in [0.1, 0.15) is 0 Å². The predicted molar refractivity (Wildman–Crippen MR) is 134 cm³/mol. The van der Waals surface area contributed by atoms with Crippen molar-refractivity contribution < 1.29 is 0 Å². The van der Waals surface area contributed by atoms with Gasteiger partial charge in [-0.25, -0.2) is 0 Å². The molecular weight excluding hydrogens is 444 g/mol. The molecule has 0 fully saturated rings. The molecule has 2 nitrogen and oxygen atoms in total. The van der Waals surface area contributed by atoms with E-state index in [0.29, 0.717) is 6.54 Å². The zero-order valence-corrected chi connectivity index (χ0v) is 19.4. The molecule has 1 aliphatic carbocycles. The van der Waals surface area contributed by atoms with E-state index in [2.05, 4.69) is 126 Å². The van der Waals surface area contributed by atoms with Crippen molar-refractivity contribution in [3.05, 3.63) is 112 Å². The molecule has 2 N–H and O–H groups in total. The number of halogens is 1. The highest BCUT2D eigenvalue weighted by Crippen LogP contribution is 2.50. The second-order valence-corrected chi connectivity index (χ2v) is 9.50. The fourth-order valence-electron chi connectivity index (χ4n) is 4.69. The Morgan fingerprint density at radius 1 is 0.710 bits per heavy atom. The first-order valence-electron chi connectivity index (χ1n) is 10.6. The lowest BCUT2D eigenvalue weighted by Crippen LogP contribution is -2.16. The summed E-state index contributed by atoms with van der Waals surface area (Å²) in [4.78, 5) is 2.31. The summed E-state index contributed by atoms with van der Waals surface area (Å²) >= 11 is 3.57. The number of fused-ring (bicyclic) bond motifs is 3. The van der Waals surface area contributed by atoms with Crippen molar-refractivity contribution in [2.45, 2.75) is 25.8 Å². The maximum absolute atomic E-state index is 5.95. The lowest BCUT2D eigenvalue weighted by molar-refractivity contribution is 0.660. The highest BCUT2D eigenvalue weighted by atomic mass is 79.9. The van der Waals surface area contributed by atoms with Crippen LogP contribution in [0.25, 0.3) is 11.1 Å². The van der Waals surface area contributed by atoms with Gasteiger partial charge in [-0.3, -0.25) is 0 Å². The van der Waals surface area contributed by atoms with Crippen molar-refractivity contribution >= 4 is 33.0 Å². The van der Waals surface area contributed by atoms with Crippen molar-refractivity contribution in [2.24, 2.45) is 5.73 Å². The van der Waals surface area contributed by atoms with Gasteiger partial charge in [-0.2, -0.15) is 0 Å². The molecule has 0 aromatic heterocycles. The molecule has 0 amide bonds. The van der Waals surface area contributed by atoms with Gasteiger partial charge in [0.2, 0.25) is 0 Å². The number of nitrogens with zero attached hydrogens (tertiary/aromatic N) is 1. The van der Waals surface area contributed by atoms with Gasteiger partial charge in [0.25, 0.3) is 0 Å². The van der Waals surface area contributed by atoms with Crippen molar-refractivity contribution in [1.29, 1.82) is 0 Å². The molecule has 5 rings (SSSR count). The van der Waals surface area contributed by atoms with E-state index < -0.39 is 0 Å². The minimum atomic E-state index is -0.0353. The van der Waals surface area contributed by atoms with Gasteiger partial charge in [0.05, 0.1) is 0 Å². The van der Waals surface area contributed by atoms with E-state index in [1.807, 2.05) is 0 Å². The Morgan fingerprint density at radius 3 is 2.16 bits per heavy atom. The molecule has 0 saturated carbocycles. The number of nitrogens with two attached hydrogens (primary N) is 1. The maximum atomic E-state index is 5.95. The smallest absolute Gasteiger partial charge is 0.0465 e. The summed E-state index contributed by atoms with van der Waals surface area (Å²) < 4.78 is 1.07. The predicted octanol–water partition coefficient (Wildman–Crippen LogP) is 7.68. The van der Waals surface area contributed by atoms with E-state index in [1.54, 1.807) is 0 Å². The Bertz CT molecular complexity index is 1260. The summed E-state index contributed by atoms with van der Waals surface area (Å²) in [6.07, 6.45) is 0. The van der Waals surface area contributed by atoms with Crippen LogP contribution < -0.4 is 10.6 Å². The van der Waals surface area contributed by atoms with Crippen molar-refractivity contribution in [3.8, 4) is 11.1 Å². The topological polar surface area (TPSA) is 29.3 Å². The molecule has 0 spiro atoms. The van der Waals surface area contributed by atoms with E-state index in [1.165, 1.54) is 22.3 Å². The molecule has 4 aromatic carbocycles. The average Bonchev–Trinajstić information content (AvgIpc) is 3.02. The number of hydrogen-bond donors (Lipinski definition) is 1. The maximum Gasteiger partial charge on any atom is 0.0465 e. The van der Waals surface area contributed by atoms with Crippen molar-refractivity contribution in [1.82, 2.24) is 0 Å². The molecule has 4 aromatic rings. The van der Waals surface area contributed by atoms with E-state index in [4.69, 9.17) is 5.73 Å². The van der Waals surface area contributed by atoms with Crippen LogP contribution in [0.3, 0.4) is 0 Å². The molecule has 0 aliphatic heterocycles. The largest absolute Gasteiger partial charge is 0.326 e. The zero-order valence-electron chi connectivity index (χ0n) is 17.8. The average molecular weight is 469 g/mol. The van der Waals surface area contributed by atoms with Crippen molar-refractivity contribution in [2.75, 3.05) is 4.90 Å². The van der Waals surface area contributed by atoms with Crippen LogP contribution in [0.1, 0.15) is 30.5 Å². The number of benzene rings is 4. The Morgan fingerprint density at radius 2 is 1.39 bits per heavy atom. The fraction of sp³-hybridized carbons (Fsp3) is 0.143. The van der Waals surface area contributed by atoms with Gasteiger partial charge in [0, 0.05) is 33.5 Å². The highest BCUT2D eigenvalue weighted by Gasteiger charge is 2.35. The van der Waals surface area contributed by atoms with Gasteiger partial charge in [-0.05, 0) is 76.3 Å². The van der Waals surface area contributed by atoms with Gasteiger partial charge in [-0.1, -0.05) is 72.2 Å². The van der Waals surface area contributed by atoms with E-state index in [-0.39, 0.29) is 5.41 Å². The number of hydrogen-bond acceptors (Lipinski definition) is 2. The molecule has 0 bridgehead atoms. The summed E-state index contributed by atoms with van der Waals surface area (Å²) in [5.74, 6) is 0. The molecule has 0 heterocycles. The van der Waals surface area contributed by atoms with Crippen LogP contribution in [0.2, 0.25) is 0 Å². The standard InChI is InChI=1S/C28H25BrN2/c1-28(2)26-9-4-3-8-24(26)25-15-14-23(17-27(25)28)31(21-12-10-20(29)11-13-21)22-7-5-6-19(16-22)18-30/h3-17H,18,30H2,1-2H3. The minimum Gasteiger partial charge on any atom is -0.326 e. The van der Waals surface area contributed by atoms with Gasteiger partial charge < -0.3 is 10.6 Å². The number of rotatable bonds is 4. The lowest BCUT2D eigenvalue weighted by Gasteiger charge is -2.28. The normalized spacial score (nSPS) is 13.5. The van der Waals surface area contributed by atoms with Gasteiger partial charge in [-0.15, -0.1) is 0 Å². The van der Waals surface area contributed by atoms with Gasteiger partial charge >= 0.3 is 0 Å². The summed E-state index contributed by atoms with van der Waals surface area (Å²) in [7, 11) is 0. The van der Waals surface area contributed by atoms with Crippen LogP contribution in [0.4, 0.5) is 17.1 Å². The number of anilines is 3. The first-order chi connectivity index (χ1) is 15.0. The lowest BCUT2D eigenvalue weighted by atomic mass is 9.82. The zero-order chi connectivity index (χ0) is 21.6. The van der Waals surface area contributed by atoms with Crippen molar-refractivity contribution in [3.63, 3.8) is 0 Å². The molecular formula is C28H25BrN2. The van der Waals surface area contributed by atoms with Crippen LogP contribution in [-0.2, 0) is 12.0 Å². The monoisotopic (exact) mass is 468 g/mol. The molecule has 0 saturated heterocycles. The van der Waals surface area contributed by atoms with Gasteiger partial charge in [0.15, 0.2) is 0 Å². The van der Waals surface area contributed by atoms with E-state index in [9.17, 15) is 0 Å². The first kappa shape index (κ1) is 20.0. The fourth-order valence-corrected chi connectivity index (χ4v) is 4.96. The summed E-state index contributed by atoms with van der Waals surface area (Å²) in [5.41, 5.74) is 15.8. The highest BCUT2D eigenvalue weighted by molar-refractivity contribution is 9.10. The minimum absolute atomic E-state index is 0.0353.